The lowest BCUT2D eigenvalue weighted by atomic mass is 10.0. The van der Waals surface area contributed by atoms with Crippen LogP contribution in [0.5, 0.6) is 0 Å². The molecule has 0 aliphatic heterocycles. The number of allylic oxidation sites excluding steroid dienone is 2. The van der Waals surface area contributed by atoms with Crippen LogP contribution in [0.2, 0.25) is 0 Å². The molecular weight excluding hydrogens is 805 g/mol. The fraction of sp³-hybridized carbons (Fsp3) is 0.915. The summed E-state index contributed by atoms with van der Waals surface area (Å²) >= 11 is 0. The van der Waals surface area contributed by atoms with E-state index < -0.39 is 6.10 Å². The van der Waals surface area contributed by atoms with Crippen molar-refractivity contribution in [3.8, 4) is 0 Å². The average molecular weight is 918 g/mol. The third-order valence-corrected chi connectivity index (χ3v) is 13.3. The maximum Gasteiger partial charge on any atom is 0.306 e. The largest absolute Gasteiger partial charge is 0.462 e. The molecule has 0 amide bonds. The molecule has 0 aliphatic carbocycles. The van der Waals surface area contributed by atoms with Gasteiger partial charge in [0, 0.05) is 19.3 Å². The van der Waals surface area contributed by atoms with Crippen LogP contribution in [-0.2, 0) is 28.6 Å². The third-order valence-electron chi connectivity index (χ3n) is 13.3. The SMILES string of the molecule is CCCCCCCCCC/C=C\CCCCCCCCCCCCCC(=O)OCC(COC(=O)CCCCCCCCCCC)OC(=O)CCCCCCCCCCCCCCCCC. The van der Waals surface area contributed by atoms with Crippen molar-refractivity contribution in [2.24, 2.45) is 0 Å². The standard InChI is InChI=1S/C59H112O6/c1-4-7-10-13-16-19-21-23-25-26-27-28-29-30-31-32-34-35-37-40-43-46-49-52-58(61)64-55-56(54-63-57(60)51-48-45-42-39-18-15-12-9-6-3)65-59(62)53-50-47-44-41-38-36-33-24-22-20-17-14-11-8-5-2/h26-27,56H,4-25,28-55H2,1-3H3/b27-26-. The summed E-state index contributed by atoms with van der Waals surface area (Å²) in [6.45, 7) is 6.67. The highest BCUT2D eigenvalue weighted by Crippen LogP contribution is 2.17. The predicted octanol–water partition coefficient (Wildman–Crippen LogP) is 19.3. The van der Waals surface area contributed by atoms with Gasteiger partial charge in [-0.3, -0.25) is 14.4 Å². The molecule has 0 aromatic rings. The normalized spacial score (nSPS) is 12.0. The first-order valence-corrected chi connectivity index (χ1v) is 29.2. The van der Waals surface area contributed by atoms with Crippen LogP contribution in [0.15, 0.2) is 12.2 Å². The van der Waals surface area contributed by atoms with Gasteiger partial charge < -0.3 is 14.2 Å². The van der Waals surface area contributed by atoms with E-state index in [1.807, 2.05) is 0 Å². The second-order valence-electron chi connectivity index (χ2n) is 19.9. The molecule has 0 fully saturated rings. The number of rotatable bonds is 54. The van der Waals surface area contributed by atoms with Crippen LogP contribution in [0.25, 0.3) is 0 Å². The molecule has 1 atom stereocenters. The lowest BCUT2D eigenvalue weighted by Crippen LogP contribution is -2.30. The zero-order valence-corrected chi connectivity index (χ0v) is 44.0. The molecule has 0 aromatic heterocycles. The summed E-state index contributed by atoms with van der Waals surface area (Å²) in [6.07, 6.45) is 62.2. The van der Waals surface area contributed by atoms with E-state index in [-0.39, 0.29) is 31.1 Å². The minimum atomic E-state index is -0.763. The number of hydrogen-bond acceptors (Lipinski definition) is 6. The van der Waals surface area contributed by atoms with E-state index in [0.29, 0.717) is 19.3 Å². The van der Waals surface area contributed by atoms with Crippen LogP contribution in [0.3, 0.4) is 0 Å². The van der Waals surface area contributed by atoms with Gasteiger partial charge in [0.15, 0.2) is 6.10 Å². The van der Waals surface area contributed by atoms with E-state index >= 15 is 0 Å². The highest BCUT2D eigenvalue weighted by atomic mass is 16.6. The Morgan fingerprint density at radius 3 is 0.769 bits per heavy atom. The van der Waals surface area contributed by atoms with Crippen molar-refractivity contribution in [3.63, 3.8) is 0 Å². The molecule has 0 N–H and O–H groups in total. The molecule has 1 unspecified atom stereocenters. The number of unbranched alkanes of at least 4 members (excludes halogenated alkanes) is 41. The Hall–Kier alpha value is -1.85. The van der Waals surface area contributed by atoms with E-state index in [1.165, 1.54) is 231 Å². The van der Waals surface area contributed by atoms with Gasteiger partial charge in [-0.15, -0.1) is 0 Å². The lowest BCUT2D eigenvalue weighted by molar-refractivity contribution is -0.167. The maximum absolute atomic E-state index is 12.8. The van der Waals surface area contributed by atoms with Gasteiger partial charge in [0.25, 0.3) is 0 Å². The molecule has 6 heteroatoms. The highest BCUT2D eigenvalue weighted by molar-refractivity contribution is 5.71. The summed E-state index contributed by atoms with van der Waals surface area (Å²) in [5.41, 5.74) is 0. The number of ether oxygens (including phenoxy) is 3. The quantitative estimate of drug-likeness (QED) is 0.0262. The summed E-state index contributed by atoms with van der Waals surface area (Å²) in [6, 6.07) is 0. The Morgan fingerprint density at radius 1 is 0.292 bits per heavy atom. The van der Waals surface area contributed by atoms with Crippen molar-refractivity contribution in [2.75, 3.05) is 13.2 Å². The number of esters is 3. The zero-order valence-electron chi connectivity index (χ0n) is 44.0. The summed E-state index contributed by atoms with van der Waals surface area (Å²) < 4.78 is 16.8. The van der Waals surface area contributed by atoms with E-state index in [4.69, 9.17) is 14.2 Å². The molecule has 65 heavy (non-hydrogen) atoms. The first-order chi connectivity index (χ1) is 32.0. The fourth-order valence-corrected chi connectivity index (χ4v) is 8.85. The average Bonchev–Trinajstić information content (AvgIpc) is 3.30. The van der Waals surface area contributed by atoms with Crippen LogP contribution in [-0.4, -0.2) is 37.2 Å². The molecule has 0 spiro atoms. The monoisotopic (exact) mass is 917 g/mol. The van der Waals surface area contributed by atoms with Crippen LogP contribution in [0.1, 0.15) is 329 Å². The summed E-state index contributed by atoms with van der Waals surface area (Å²) in [7, 11) is 0. The second kappa shape index (κ2) is 54.8. The topological polar surface area (TPSA) is 78.9 Å². The van der Waals surface area contributed by atoms with Crippen LogP contribution < -0.4 is 0 Å². The molecule has 0 saturated carbocycles. The van der Waals surface area contributed by atoms with Crippen LogP contribution >= 0.6 is 0 Å². The summed E-state index contributed by atoms with van der Waals surface area (Å²) in [4.78, 5) is 38.0. The first-order valence-electron chi connectivity index (χ1n) is 29.2. The third kappa shape index (κ3) is 53.0. The molecular formula is C59H112O6. The summed E-state index contributed by atoms with van der Waals surface area (Å²) in [5.74, 6) is -0.846. The van der Waals surface area contributed by atoms with Crippen molar-refractivity contribution < 1.29 is 28.6 Å². The Balaban J connectivity index is 4.17. The molecule has 384 valence electrons. The van der Waals surface area contributed by atoms with Crippen molar-refractivity contribution >= 4 is 17.9 Å². The van der Waals surface area contributed by atoms with E-state index in [9.17, 15) is 14.4 Å². The van der Waals surface area contributed by atoms with Gasteiger partial charge in [0.2, 0.25) is 0 Å². The van der Waals surface area contributed by atoms with Crippen LogP contribution in [0.4, 0.5) is 0 Å². The Bertz CT molecular complexity index is 1010. The molecule has 0 saturated heterocycles. The molecule has 0 radical (unpaired) electrons. The van der Waals surface area contributed by atoms with Gasteiger partial charge in [0.1, 0.15) is 13.2 Å². The van der Waals surface area contributed by atoms with Gasteiger partial charge in [-0.25, -0.2) is 0 Å². The van der Waals surface area contributed by atoms with Crippen molar-refractivity contribution in [1.29, 1.82) is 0 Å². The fourth-order valence-electron chi connectivity index (χ4n) is 8.85. The molecule has 0 heterocycles. The van der Waals surface area contributed by atoms with Gasteiger partial charge in [-0.2, -0.15) is 0 Å². The number of carbonyl (C=O) groups is 3. The van der Waals surface area contributed by atoms with Gasteiger partial charge in [0.05, 0.1) is 0 Å². The zero-order chi connectivity index (χ0) is 47.2. The molecule has 0 aromatic carbocycles. The first kappa shape index (κ1) is 63.1. The molecule has 0 bridgehead atoms. The van der Waals surface area contributed by atoms with E-state index in [0.717, 1.165) is 57.8 Å². The highest BCUT2D eigenvalue weighted by Gasteiger charge is 2.19. The predicted molar refractivity (Wildman–Crippen MR) is 280 cm³/mol. The van der Waals surface area contributed by atoms with Gasteiger partial charge in [-0.05, 0) is 44.9 Å². The van der Waals surface area contributed by atoms with Gasteiger partial charge >= 0.3 is 17.9 Å². The van der Waals surface area contributed by atoms with Crippen molar-refractivity contribution in [3.05, 3.63) is 12.2 Å². The number of hydrogen-bond donors (Lipinski definition) is 0. The summed E-state index contributed by atoms with van der Waals surface area (Å²) in [5, 5.41) is 0. The second-order valence-corrected chi connectivity index (χ2v) is 19.9. The Labute approximate surface area is 405 Å². The van der Waals surface area contributed by atoms with Crippen molar-refractivity contribution in [1.82, 2.24) is 0 Å². The molecule has 0 rings (SSSR count). The Kier molecular flexibility index (Phi) is 53.2. The smallest absolute Gasteiger partial charge is 0.306 e. The van der Waals surface area contributed by atoms with Gasteiger partial charge in [-0.1, -0.05) is 277 Å². The van der Waals surface area contributed by atoms with E-state index in [1.54, 1.807) is 0 Å². The molecule has 6 nitrogen and oxygen atoms in total. The minimum Gasteiger partial charge on any atom is -0.462 e. The maximum atomic E-state index is 12.8. The van der Waals surface area contributed by atoms with Crippen LogP contribution in [0, 0.1) is 0 Å². The van der Waals surface area contributed by atoms with E-state index in [2.05, 4.69) is 32.9 Å². The number of carbonyl (C=O) groups excluding carboxylic acids is 3. The van der Waals surface area contributed by atoms with Crippen molar-refractivity contribution in [2.45, 2.75) is 335 Å². The minimum absolute atomic E-state index is 0.0646. The lowest BCUT2D eigenvalue weighted by Gasteiger charge is -2.18. The Morgan fingerprint density at radius 2 is 0.508 bits per heavy atom. The molecule has 0 aliphatic rings.